The molecule has 2 aliphatic heterocycles. The number of hydrogen-bond acceptors (Lipinski definition) is 4. The van der Waals surface area contributed by atoms with Gasteiger partial charge in [-0.15, -0.1) is 0 Å². The van der Waals surface area contributed by atoms with Crippen molar-refractivity contribution in [2.75, 3.05) is 39.8 Å². The summed E-state index contributed by atoms with van der Waals surface area (Å²) in [6, 6.07) is 6.22. The predicted octanol–water partition coefficient (Wildman–Crippen LogP) is 2.34. The Morgan fingerprint density at radius 2 is 2.14 bits per heavy atom. The molecular formula is C22H33N5O. The highest BCUT2D eigenvalue weighted by atomic mass is 16.2. The first kappa shape index (κ1) is 19.4. The molecule has 4 rings (SSSR count). The molecule has 2 aliphatic rings. The van der Waals surface area contributed by atoms with E-state index in [4.69, 9.17) is 4.98 Å². The minimum Gasteiger partial charge on any atom is -0.342 e. The number of benzene rings is 1. The van der Waals surface area contributed by atoms with E-state index in [0.29, 0.717) is 12.0 Å². The standard InChI is InChI=1S/C22H33N5O/c1-4-27(13-8-19-24-17-7-5-6-16(2)20(17)25-19)21(28)18-14-22(15-26(18)3)9-11-23-12-10-22/h5-7,18,23H,4,8-15H2,1-3H3,(H,24,25)/t18-/m1/s1. The monoisotopic (exact) mass is 383 g/mol. The van der Waals surface area contributed by atoms with Crippen molar-refractivity contribution in [3.8, 4) is 0 Å². The SMILES string of the molecule is CCN(CCc1nc2c(C)cccc2[nH]1)C(=O)[C@H]1CC2(CCNCC2)CN1C. The maximum atomic E-state index is 13.3. The number of nitrogens with one attached hydrogen (secondary N) is 2. The highest BCUT2D eigenvalue weighted by molar-refractivity contribution is 5.82. The van der Waals surface area contributed by atoms with E-state index < -0.39 is 0 Å². The molecule has 0 unspecified atom stereocenters. The van der Waals surface area contributed by atoms with Gasteiger partial charge in [-0.05, 0) is 70.3 Å². The quantitative estimate of drug-likeness (QED) is 0.832. The van der Waals surface area contributed by atoms with Crippen LogP contribution < -0.4 is 5.32 Å². The maximum Gasteiger partial charge on any atom is 0.239 e. The number of H-pyrrole nitrogens is 1. The molecule has 2 aromatic rings. The number of aromatic amines is 1. The molecule has 2 saturated heterocycles. The minimum atomic E-state index is 0.0240. The minimum absolute atomic E-state index is 0.0240. The topological polar surface area (TPSA) is 64.3 Å². The van der Waals surface area contributed by atoms with Crippen LogP contribution in [-0.2, 0) is 11.2 Å². The van der Waals surface area contributed by atoms with Crippen LogP contribution in [0.4, 0.5) is 0 Å². The molecule has 2 N–H and O–H groups in total. The molecule has 28 heavy (non-hydrogen) atoms. The lowest BCUT2D eigenvalue weighted by atomic mass is 9.77. The number of likely N-dealkylation sites (tertiary alicyclic amines) is 1. The van der Waals surface area contributed by atoms with Crippen molar-refractivity contribution in [1.82, 2.24) is 25.1 Å². The smallest absolute Gasteiger partial charge is 0.239 e. The Morgan fingerprint density at radius 3 is 2.86 bits per heavy atom. The van der Waals surface area contributed by atoms with Gasteiger partial charge in [0.05, 0.1) is 17.1 Å². The van der Waals surface area contributed by atoms with Gasteiger partial charge in [0.2, 0.25) is 5.91 Å². The zero-order valence-corrected chi connectivity index (χ0v) is 17.4. The van der Waals surface area contributed by atoms with Crippen LogP contribution in [0.25, 0.3) is 11.0 Å². The van der Waals surface area contributed by atoms with Gasteiger partial charge in [-0.3, -0.25) is 9.69 Å². The Hall–Kier alpha value is -1.92. The van der Waals surface area contributed by atoms with Crippen LogP contribution in [0.3, 0.4) is 0 Å². The molecule has 1 atom stereocenters. The molecular weight excluding hydrogens is 350 g/mol. The first-order valence-corrected chi connectivity index (χ1v) is 10.7. The maximum absolute atomic E-state index is 13.3. The first-order chi connectivity index (χ1) is 13.5. The number of aromatic nitrogens is 2. The molecule has 2 fully saturated rings. The average molecular weight is 384 g/mol. The van der Waals surface area contributed by atoms with E-state index in [-0.39, 0.29) is 11.9 Å². The summed E-state index contributed by atoms with van der Waals surface area (Å²) >= 11 is 0. The second-order valence-corrected chi connectivity index (χ2v) is 8.71. The zero-order chi connectivity index (χ0) is 19.7. The second-order valence-electron chi connectivity index (χ2n) is 8.71. The van der Waals surface area contributed by atoms with E-state index in [0.717, 1.165) is 55.9 Å². The summed E-state index contributed by atoms with van der Waals surface area (Å²) < 4.78 is 0. The van der Waals surface area contributed by atoms with Crippen LogP contribution in [0.15, 0.2) is 18.2 Å². The summed E-state index contributed by atoms with van der Waals surface area (Å²) in [4.78, 5) is 25.8. The van der Waals surface area contributed by atoms with Gasteiger partial charge in [-0.25, -0.2) is 4.98 Å². The second kappa shape index (κ2) is 7.84. The summed E-state index contributed by atoms with van der Waals surface area (Å²) in [5, 5.41) is 3.46. The number of likely N-dealkylation sites (N-methyl/N-ethyl adjacent to an activating group) is 2. The highest BCUT2D eigenvalue weighted by Crippen LogP contribution is 2.41. The number of amides is 1. The van der Waals surface area contributed by atoms with Crippen LogP contribution in [0, 0.1) is 12.3 Å². The lowest BCUT2D eigenvalue weighted by molar-refractivity contribution is -0.135. The number of imidazole rings is 1. The van der Waals surface area contributed by atoms with E-state index in [2.05, 4.69) is 48.2 Å². The number of nitrogens with zero attached hydrogens (tertiary/aromatic N) is 3. The molecule has 1 spiro atoms. The molecule has 1 aromatic carbocycles. The van der Waals surface area contributed by atoms with E-state index in [1.807, 2.05) is 11.0 Å². The third kappa shape index (κ3) is 3.67. The van der Waals surface area contributed by atoms with Crippen molar-refractivity contribution in [3.63, 3.8) is 0 Å². The van der Waals surface area contributed by atoms with Gasteiger partial charge < -0.3 is 15.2 Å². The van der Waals surface area contributed by atoms with Gasteiger partial charge in [0.25, 0.3) is 0 Å². The molecule has 0 radical (unpaired) electrons. The Balaban J connectivity index is 1.41. The Bertz CT molecular complexity index is 839. The number of carbonyl (C=O) groups excluding carboxylic acids is 1. The van der Waals surface area contributed by atoms with E-state index in [1.165, 1.54) is 18.4 Å². The van der Waals surface area contributed by atoms with Gasteiger partial charge in [0.15, 0.2) is 0 Å². The van der Waals surface area contributed by atoms with E-state index in [9.17, 15) is 4.79 Å². The molecule has 0 aliphatic carbocycles. The van der Waals surface area contributed by atoms with Crippen LogP contribution in [0.1, 0.15) is 37.6 Å². The molecule has 6 heteroatoms. The van der Waals surface area contributed by atoms with Crippen LogP contribution in [-0.4, -0.2) is 71.5 Å². The van der Waals surface area contributed by atoms with Crippen LogP contribution >= 0.6 is 0 Å². The first-order valence-electron chi connectivity index (χ1n) is 10.7. The Labute approximate surface area is 167 Å². The summed E-state index contributed by atoms with van der Waals surface area (Å²) in [6.45, 7) is 8.84. The lowest BCUT2D eigenvalue weighted by Crippen LogP contribution is -2.45. The largest absolute Gasteiger partial charge is 0.342 e. The number of hydrogen-bond donors (Lipinski definition) is 2. The van der Waals surface area contributed by atoms with Crippen molar-refractivity contribution in [2.24, 2.45) is 5.41 Å². The fourth-order valence-corrected chi connectivity index (χ4v) is 5.09. The Kier molecular flexibility index (Phi) is 5.43. The van der Waals surface area contributed by atoms with Gasteiger partial charge in [0.1, 0.15) is 5.82 Å². The van der Waals surface area contributed by atoms with Crippen LogP contribution in [0.2, 0.25) is 0 Å². The normalized spacial score (nSPS) is 22.2. The summed E-state index contributed by atoms with van der Waals surface area (Å²) in [5.74, 6) is 1.25. The highest BCUT2D eigenvalue weighted by Gasteiger charge is 2.46. The third-order valence-electron chi connectivity index (χ3n) is 6.77. The number of para-hydroxylation sites is 1. The van der Waals surface area contributed by atoms with Gasteiger partial charge in [-0.1, -0.05) is 12.1 Å². The zero-order valence-electron chi connectivity index (χ0n) is 17.4. The number of piperidine rings is 1. The number of fused-ring (bicyclic) bond motifs is 1. The number of aryl methyl sites for hydroxylation is 1. The fraction of sp³-hybridized carbons (Fsp3) is 0.636. The van der Waals surface area contributed by atoms with E-state index >= 15 is 0 Å². The lowest BCUT2D eigenvalue weighted by Gasteiger charge is -2.33. The molecule has 6 nitrogen and oxygen atoms in total. The average Bonchev–Trinajstić information content (AvgIpc) is 3.24. The van der Waals surface area contributed by atoms with Crippen molar-refractivity contribution in [1.29, 1.82) is 0 Å². The molecule has 1 amide bonds. The summed E-state index contributed by atoms with van der Waals surface area (Å²) in [5.41, 5.74) is 3.63. The molecule has 0 saturated carbocycles. The number of rotatable bonds is 5. The Morgan fingerprint density at radius 1 is 1.36 bits per heavy atom. The molecule has 152 valence electrons. The van der Waals surface area contributed by atoms with Crippen LogP contribution in [0.5, 0.6) is 0 Å². The molecule has 0 bridgehead atoms. The number of carbonyl (C=O) groups is 1. The third-order valence-corrected chi connectivity index (χ3v) is 6.77. The summed E-state index contributed by atoms with van der Waals surface area (Å²) in [7, 11) is 2.12. The molecule has 3 heterocycles. The van der Waals surface area contributed by atoms with Crippen molar-refractivity contribution in [2.45, 2.75) is 45.6 Å². The van der Waals surface area contributed by atoms with Crippen molar-refractivity contribution < 1.29 is 4.79 Å². The molecule has 1 aromatic heterocycles. The fourth-order valence-electron chi connectivity index (χ4n) is 5.09. The van der Waals surface area contributed by atoms with Crippen molar-refractivity contribution >= 4 is 16.9 Å². The summed E-state index contributed by atoms with van der Waals surface area (Å²) in [6.07, 6.45) is 4.14. The van der Waals surface area contributed by atoms with Gasteiger partial charge in [-0.2, -0.15) is 0 Å². The predicted molar refractivity (Wildman–Crippen MR) is 112 cm³/mol. The van der Waals surface area contributed by atoms with Gasteiger partial charge >= 0.3 is 0 Å². The van der Waals surface area contributed by atoms with Crippen molar-refractivity contribution in [3.05, 3.63) is 29.6 Å². The van der Waals surface area contributed by atoms with E-state index in [1.54, 1.807) is 0 Å². The van der Waals surface area contributed by atoms with Gasteiger partial charge in [0, 0.05) is 26.1 Å².